The molecule has 2 N–H and O–H groups in total. The molecule has 0 aliphatic heterocycles. The summed E-state index contributed by atoms with van der Waals surface area (Å²) in [6, 6.07) is 16.4. The number of hydrogen-bond donors (Lipinski definition) is 2. The van der Waals surface area contributed by atoms with E-state index < -0.39 is 5.91 Å². The molecule has 0 atom stereocenters. The molecule has 0 heterocycles. The number of benzene rings is 3. The molecule has 3 rings (SSSR count). The molecular formula is C27H27NO6. The van der Waals surface area contributed by atoms with Gasteiger partial charge in [-0.2, -0.15) is 0 Å². The fraction of sp³-hybridized carbons (Fsp3) is 0.148. The zero-order valence-corrected chi connectivity index (χ0v) is 19.5. The van der Waals surface area contributed by atoms with Gasteiger partial charge in [-0.05, 0) is 41.5 Å². The molecule has 0 aromatic heterocycles. The minimum atomic E-state index is -0.394. The van der Waals surface area contributed by atoms with E-state index in [0.717, 1.165) is 11.1 Å². The lowest BCUT2D eigenvalue weighted by atomic mass is 10.1. The molecule has 3 aromatic rings. The first kappa shape index (κ1) is 24.3. The number of anilines is 1. The van der Waals surface area contributed by atoms with Gasteiger partial charge in [-0.25, -0.2) is 0 Å². The minimum Gasteiger partial charge on any atom is -0.503 e. The lowest BCUT2D eigenvalue weighted by molar-refractivity contribution is -0.111. The fourth-order valence-corrected chi connectivity index (χ4v) is 3.31. The monoisotopic (exact) mass is 461 g/mol. The number of hydrogen-bond acceptors (Lipinski definition) is 6. The molecule has 7 heteroatoms. The molecule has 0 fully saturated rings. The summed E-state index contributed by atoms with van der Waals surface area (Å²) in [6.45, 7) is 0. The molecule has 0 unspecified atom stereocenters. The van der Waals surface area contributed by atoms with Crippen LogP contribution in [0.25, 0.3) is 18.2 Å². The Morgan fingerprint density at radius 1 is 0.765 bits per heavy atom. The maximum Gasteiger partial charge on any atom is 0.248 e. The summed E-state index contributed by atoms with van der Waals surface area (Å²) in [4.78, 5) is 12.6. The largest absolute Gasteiger partial charge is 0.503 e. The third-order valence-electron chi connectivity index (χ3n) is 5.01. The molecule has 34 heavy (non-hydrogen) atoms. The van der Waals surface area contributed by atoms with E-state index in [1.54, 1.807) is 56.7 Å². The van der Waals surface area contributed by atoms with E-state index in [1.165, 1.54) is 20.3 Å². The summed E-state index contributed by atoms with van der Waals surface area (Å²) in [5.41, 5.74) is 2.46. The summed E-state index contributed by atoms with van der Waals surface area (Å²) >= 11 is 0. The van der Waals surface area contributed by atoms with E-state index in [-0.39, 0.29) is 17.2 Å². The average molecular weight is 462 g/mol. The van der Waals surface area contributed by atoms with Crippen LogP contribution in [0.3, 0.4) is 0 Å². The van der Waals surface area contributed by atoms with Crippen LogP contribution in [0.1, 0.15) is 16.7 Å². The predicted octanol–water partition coefficient (Wildman–Crippen LogP) is 5.25. The SMILES string of the molecule is COc1ccc(C=Cc2cc(OC)c(OC)c(OC)c2)c(NC(=O)C=Cc2ccccc2)c1O. The van der Waals surface area contributed by atoms with Gasteiger partial charge in [0, 0.05) is 11.6 Å². The first-order chi connectivity index (χ1) is 16.5. The highest BCUT2D eigenvalue weighted by atomic mass is 16.5. The van der Waals surface area contributed by atoms with Crippen molar-refractivity contribution in [3.63, 3.8) is 0 Å². The molecule has 176 valence electrons. The Bertz CT molecular complexity index is 1180. The van der Waals surface area contributed by atoms with Gasteiger partial charge in [-0.15, -0.1) is 0 Å². The third kappa shape index (κ3) is 5.69. The highest BCUT2D eigenvalue weighted by Gasteiger charge is 2.15. The Hall–Kier alpha value is -4.39. The number of phenols is 1. The molecule has 0 aliphatic carbocycles. The van der Waals surface area contributed by atoms with E-state index in [4.69, 9.17) is 18.9 Å². The third-order valence-corrected chi connectivity index (χ3v) is 5.01. The van der Waals surface area contributed by atoms with E-state index in [9.17, 15) is 9.90 Å². The Morgan fingerprint density at radius 2 is 1.41 bits per heavy atom. The number of nitrogens with one attached hydrogen (secondary N) is 1. The summed E-state index contributed by atoms with van der Waals surface area (Å²) in [7, 11) is 6.07. The number of carbonyl (C=O) groups is 1. The number of methoxy groups -OCH3 is 4. The van der Waals surface area contributed by atoms with Gasteiger partial charge in [0.15, 0.2) is 23.0 Å². The van der Waals surface area contributed by atoms with E-state index >= 15 is 0 Å². The number of aromatic hydroxyl groups is 1. The summed E-state index contributed by atoms with van der Waals surface area (Å²) in [5, 5.41) is 13.4. The van der Waals surface area contributed by atoms with Crippen molar-refractivity contribution in [1.82, 2.24) is 0 Å². The topological polar surface area (TPSA) is 86.3 Å². The van der Waals surface area contributed by atoms with Gasteiger partial charge in [0.2, 0.25) is 11.7 Å². The molecule has 3 aromatic carbocycles. The number of rotatable bonds is 9. The Kier molecular flexibility index (Phi) is 8.18. The van der Waals surface area contributed by atoms with Crippen LogP contribution in [0, 0.1) is 0 Å². The van der Waals surface area contributed by atoms with Crippen LogP contribution >= 0.6 is 0 Å². The van der Waals surface area contributed by atoms with Crippen molar-refractivity contribution in [1.29, 1.82) is 0 Å². The zero-order valence-electron chi connectivity index (χ0n) is 19.5. The highest BCUT2D eigenvalue weighted by Crippen LogP contribution is 2.40. The zero-order chi connectivity index (χ0) is 24.5. The Labute approximate surface area is 198 Å². The molecule has 0 radical (unpaired) electrons. The van der Waals surface area contributed by atoms with Gasteiger partial charge in [-0.1, -0.05) is 42.5 Å². The minimum absolute atomic E-state index is 0.170. The first-order valence-corrected chi connectivity index (χ1v) is 10.4. The van der Waals surface area contributed by atoms with E-state index in [2.05, 4.69) is 5.32 Å². The molecule has 1 amide bonds. The molecule has 7 nitrogen and oxygen atoms in total. The number of ether oxygens (including phenoxy) is 4. The average Bonchev–Trinajstić information content (AvgIpc) is 2.87. The first-order valence-electron chi connectivity index (χ1n) is 10.4. The van der Waals surface area contributed by atoms with Crippen LogP contribution in [0.4, 0.5) is 5.69 Å². The summed E-state index contributed by atoms with van der Waals surface area (Å²) < 4.78 is 21.4. The summed E-state index contributed by atoms with van der Waals surface area (Å²) in [6.07, 6.45) is 6.66. The maximum atomic E-state index is 12.6. The second-order valence-electron chi connectivity index (χ2n) is 7.11. The van der Waals surface area contributed by atoms with Crippen LogP contribution in [0.2, 0.25) is 0 Å². The Morgan fingerprint density at radius 3 is 2.00 bits per heavy atom. The van der Waals surface area contributed by atoms with Crippen LogP contribution < -0.4 is 24.3 Å². The highest BCUT2D eigenvalue weighted by molar-refractivity contribution is 6.04. The fourth-order valence-electron chi connectivity index (χ4n) is 3.31. The maximum absolute atomic E-state index is 12.6. The van der Waals surface area contributed by atoms with Crippen molar-refractivity contribution in [2.45, 2.75) is 0 Å². The second kappa shape index (κ2) is 11.5. The van der Waals surface area contributed by atoms with Gasteiger partial charge in [0.1, 0.15) is 0 Å². The smallest absolute Gasteiger partial charge is 0.248 e. The van der Waals surface area contributed by atoms with Gasteiger partial charge in [0.05, 0.1) is 34.1 Å². The van der Waals surface area contributed by atoms with Gasteiger partial charge >= 0.3 is 0 Å². The van der Waals surface area contributed by atoms with Gasteiger partial charge in [0.25, 0.3) is 0 Å². The van der Waals surface area contributed by atoms with E-state index in [0.29, 0.717) is 22.8 Å². The van der Waals surface area contributed by atoms with Gasteiger partial charge in [-0.3, -0.25) is 4.79 Å². The van der Waals surface area contributed by atoms with Crippen LogP contribution in [0.5, 0.6) is 28.7 Å². The van der Waals surface area contributed by atoms with Gasteiger partial charge < -0.3 is 29.4 Å². The molecule has 0 saturated heterocycles. The summed E-state index contributed by atoms with van der Waals surface area (Å²) in [5.74, 6) is 1.19. The number of amides is 1. The van der Waals surface area contributed by atoms with E-state index in [1.807, 2.05) is 30.3 Å². The quantitative estimate of drug-likeness (QED) is 0.257. The molecule has 0 saturated carbocycles. The second-order valence-corrected chi connectivity index (χ2v) is 7.11. The van der Waals surface area contributed by atoms with Crippen LogP contribution in [-0.2, 0) is 4.79 Å². The van der Waals surface area contributed by atoms with Crippen molar-refractivity contribution in [3.8, 4) is 28.7 Å². The van der Waals surface area contributed by atoms with Crippen LogP contribution in [0.15, 0.2) is 60.7 Å². The standard InChI is InChI=1S/C27H27NO6/c1-31-21-14-13-20(12-10-19-16-22(32-2)27(34-4)23(17-19)33-3)25(26(21)30)28-24(29)15-11-18-8-6-5-7-9-18/h5-17,30H,1-4H3,(H,28,29). The lowest BCUT2D eigenvalue weighted by Crippen LogP contribution is -2.09. The lowest BCUT2D eigenvalue weighted by Gasteiger charge is -2.14. The number of carbonyl (C=O) groups excluding carboxylic acids is 1. The van der Waals surface area contributed by atoms with Crippen molar-refractivity contribution in [2.24, 2.45) is 0 Å². The Balaban J connectivity index is 1.93. The molecule has 0 spiro atoms. The van der Waals surface area contributed by atoms with Crippen molar-refractivity contribution < 1.29 is 28.8 Å². The van der Waals surface area contributed by atoms with Crippen molar-refractivity contribution in [2.75, 3.05) is 33.8 Å². The normalized spacial score (nSPS) is 10.9. The number of phenolic OH excluding ortho intramolecular Hbond substituents is 1. The predicted molar refractivity (Wildman–Crippen MR) is 134 cm³/mol. The van der Waals surface area contributed by atoms with Crippen LogP contribution in [-0.4, -0.2) is 39.5 Å². The molecule has 0 bridgehead atoms. The van der Waals surface area contributed by atoms with Crippen molar-refractivity contribution >= 4 is 29.8 Å². The van der Waals surface area contributed by atoms with Crippen molar-refractivity contribution in [3.05, 3.63) is 77.4 Å². The molecular weight excluding hydrogens is 434 g/mol. The molecule has 0 aliphatic rings.